The van der Waals surface area contributed by atoms with E-state index in [0.717, 1.165) is 16.7 Å². The van der Waals surface area contributed by atoms with Gasteiger partial charge in [-0.3, -0.25) is 19.3 Å². The zero-order chi connectivity index (χ0) is 20.1. The van der Waals surface area contributed by atoms with Crippen LogP contribution in [0.15, 0.2) is 59.5 Å². The second-order valence-electron chi connectivity index (χ2n) is 5.80. The Morgan fingerprint density at radius 3 is 2.39 bits per heavy atom. The third-order valence-electron chi connectivity index (χ3n) is 3.86. The molecule has 2 aromatic carbocycles. The number of ether oxygens (including phenoxy) is 1. The van der Waals surface area contributed by atoms with Crippen LogP contribution < -0.4 is 5.32 Å². The van der Waals surface area contributed by atoms with Gasteiger partial charge in [-0.15, -0.1) is 0 Å². The standard InChI is InChI=1S/C20H16N2O5S/c1-27-19(25)14-9-7-13(8-10-14)11-16-18(24)22(20(26)28-16)12-17(23)21-15-5-3-2-4-6-15/h2-11H,12H2,1H3,(H,21,23)/b16-11-. The fourth-order valence-corrected chi connectivity index (χ4v) is 3.32. The summed E-state index contributed by atoms with van der Waals surface area (Å²) in [7, 11) is 1.29. The molecule has 7 nitrogen and oxygen atoms in total. The van der Waals surface area contributed by atoms with Gasteiger partial charge in [0, 0.05) is 5.69 Å². The normalized spacial score (nSPS) is 15.0. The zero-order valence-electron chi connectivity index (χ0n) is 14.9. The van der Waals surface area contributed by atoms with Gasteiger partial charge in [0.05, 0.1) is 17.6 Å². The number of amides is 3. The van der Waals surface area contributed by atoms with E-state index in [4.69, 9.17) is 0 Å². The molecule has 1 heterocycles. The topological polar surface area (TPSA) is 92.8 Å². The van der Waals surface area contributed by atoms with Crippen molar-refractivity contribution in [1.82, 2.24) is 4.90 Å². The molecule has 1 aliphatic heterocycles. The van der Waals surface area contributed by atoms with Crippen LogP contribution in [0.2, 0.25) is 0 Å². The van der Waals surface area contributed by atoms with E-state index < -0.39 is 23.0 Å². The van der Waals surface area contributed by atoms with E-state index in [2.05, 4.69) is 10.1 Å². The second-order valence-corrected chi connectivity index (χ2v) is 6.79. The van der Waals surface area contributed by atoms with Crippen molar-refractivity contribution in [3.8, 4) is 0 Å². The van der Waals surface area contributed by atoms with Gasteiger partial charge in [0.2, 0.25) is 5.91 Å². The molecule has 0 bridgehead atoms. The van der Waals surface area contributed by atoms with Gasteiger partial charge in [-0.2, -0.15) is 0 Å². The number of hydrogen-bond acceptors (Lipinski definition) is 6. The Balaban J connectivity index is 1.68. The van der Waals surface area contributed by atoms with E-state index in [1.807, 2.05) is 6.07 Å². The Labute approximate surface area is 165 Å². The first-order valence-corrected chi connectivity index (χ1v) is 9.08. The quantitative estimate of drug-likeness (QED) is 0.617. The van der Waals surface area contributed by atoms with Crippen molar-refractivity contribution < 1.29 is 23.9 Å². The highest BCUT2D eigenvalue weighted by Crippen LogP contribution is 2.32. The number of thioether (sulfide) groups is 1. The average molecular weight is 396 g/mol. The number of anilines is 1. The predicted molar refractivity (Wildman–Crippen MR) is 106 cm³/mol. The number of hydrogen-bond donors (Lipinski definition) is 1. The minimum absolute atomic E-state index is 0.211. The average Bonchev–Trinajstić information content (AvgIpc) is 2.96. The molecule has 0 aromatic heterocycles. The van der Waals surface area contributed by atoms with E-state index in [1.54, 1.807) is 54.6 Å². The maximum absolute atomic E-state index is 12.5. The molecule has 0 unspecified atom stereocenters. The van der Waals surface area contributed by atoms with Crippen molar-refractivity contribution in [2.45, 2.75) is 0 Å². The van der Waals surface area contributed by atoms with Gasteiger partial charge >= 0.3 is 5.97 Å². The van der Waals surface area contributed by atoms with Crippen molar-refractivity contribution in [2.75, 3.05) is 19.0 Å². The van der Waals surface area contributed by atoms with Gasteiger partial charge in [-0.05, 0) is 47.7 Å². The monoisotopic (exact) mass is 396 g/mol. The lowest BCUT2D eigenvalue weighted by molar-refractivity contribution is -0.127. The maximum Gasteiger partial charge on any atom is 0.337 e. The summed E-state index contributed by atoms with van der Waals surface area (Å²) in [6, 6.07) is 15.2. The van der Waals surface area contributed by atoms with Crippen molar-refractivity contribution in [3.63, 3.8) is 0 Å². The summed E-state index contributed by atoms with van der Waals surface area (Å²) in [6.07, 6.45) is 1.54. The molecule has 1 aliphatic rings. The second kappa shape index (κ2) is 8.53. The molecule has 1 saturated heterocycles. The van der Waals surface area contributed by atoms with Crippen molar-refractivity contribution in [2.24, 2.45) is 0 Å². The van der Waals surface area contributed by atoms with Gasteiger partial charge in [0.25, 0.3) is 11.1 Å². The van der Waals surface area contributed by atoms with E-state index in [1.165, 1.54) is 7.11 Å². The molecule has 0 radical (unpaired) electrons. The first-order chi connectivity index (χ1) is 13.5. The van der Waals surface area contributed by atoms with Crippen molar-refractivity contribution in [1.29, 1.82) is 0 Å². The summed E-state index contributed by atoms with van der Waals surface area (Å²) in [5.74, 6) is -1.45. The molecule has 3 rings (SSSR count). The number of rotatable bonds is 5. The van der Waals surface area contributed by atoms with E-state index in [-0.39, 0.29) is 11.4 Å². The molecule has 2 aromatic rings. The van der Waals surface area contributed by atoms with Crippen LogP contribution in [0.5, 0.6) is 0 Å². The zero-order valence-corrected chi connectivity index (χ0v) is 15.7. The number of carbonyl (C=O) groups excluding carboxylic acids is 4. The minimum Gasteiger partial charge on any atom is -0.465 e. The number of carbonyl (C=O) groups is 4. The Kier molecular flexibility index (Phi) is 5.90. The number of nitrogens with one attached hydrogen (secondary N) is 1. The molecule has 0 atom stereocenters. The predicted octanol–water partition coefficient (Wildman–Crippen LogP) is 3.15. The molecule has 28 heavy (non-hydrogen) atoms. The van der Waals surface area contributed by atoms with Crippen LogP contribution in [0.3, 0.4) is 0 Å². The largest absolute Gasteiger partial charge is 0.465 e. The Bertz CT molecular complexity index is 954. The number of imide groups is 1. The Morgan fingerprint density at radius 2 is 1.75 bits per heavy atom. The van der Waals surface area contributed by atoms with E-state index >= 15 is 0 Å². The molecule has 3 amide bonds. The van der Waals surface area contributed by atoms with Crippen LogP contribution in [0.1, 0.15) is 15.9 Å². The van der Waals surface area contributed by atoms with Gasteiger partial charge in [0.1, 0.15) is 6.54 Å². The number of benzene rings is 2. The molecule has 0 aliphatic carbocycles. The molecule has 1 fully saturated rings. The lowest BCUT2D eigenvalue weighted by Crippen LogP contribution is -2.36. The highest BCUT2D eigenvalue weighted by molar-refractivity contribution is 8.18. The van der Waals surface area contributed by atoms with Crippen LogP contribution in [0.25, 0.3) is 6.08 Å². The fraction of sp³-hybridized carbons (Fsp3) is 0.100. The van der Waals surface area contributed by atoms with Crippen LogP contribution in [-0.2, 0) is 14.3 Å². The number of para-hydroxylation sites is 1. The van der Waals surface area contributed by atoms with Gasteiger partial charge < -0.3 is 10.1 Å². The lowest BCUT2D eigenvalue weighted by Gasteiger charge is -2.12. The molecule has 8 heteroatoms. The van der Waals surface area contributed by atoms with Crippen molar-refractivity contribution in [3.05, 3.63) is 70.6 Å². The Hall–Kier alpha value is -3.39. The molecule has 142 valence electrons. The Morgan fingerprint density at radius 1 is 1.07 bits per heavy atom. The number of esters is 1. The maximum atomic E-state index is 12.5. The molecule has 1 N–H and O–H groups in total. The molecule has 0 spiro atoms. The van der Waals surface area contributed by atoms with Gasteiger partial charge in [0.15, 0.2) is 0 Å². The minimum atomic E-state index is -0.532. The third-order valence-corrected chi connectivity index (χ3v) is 4.77. The van der Waals surface area contributed by atoms with Crippen molar-refractivity contribution >= 4 is 46.5 Å². The van der Waals surface area contributed by atoms with Crippen LogP contribution in [-0.4, -0.2) is 41.6 Å². The highest BCUT2D eigenvalue weighted by Gasteiger charge is 2.36. The fourth-order valence-electron chi connectivity index (χ4n) is 2.49. The summed E-state index contributed by atoms with van der Waals surface area (Å²) in [5, 5.41) is 2.13. The van der Waals surface area contributed by atoms with E-state index in [9.17, 15) is 19.2 Å². The first-order valence-electron chi connectivity index (χ1n) is 8.26. The summed E-state index contributed by atoms with van der Waals surface area (Å²) in [6.45, 7) is -0.363. The summed E-state index contributed by atoms with van der Waals surface area (Å²) < 4.78 is 4.63. The van der Waals surface area contributed by atoms with Crippen LogP contribution in [0, 0.1) is 0 Å². The molecular formula is C20H16N2O5S. The number of methoxy groups -OCH3 is 1. The SMILES string of the molecule is COC(=O)c1ccc(/C=C2\SC(=O)N(CC(=O)Nc3ccccc3)C2=O)cc1. The molecule has 0 saturated carbocycles. The van der Waals surface area contributed by atoms with E-state index in [0.29, 0.717) is 16.8 Å². The van der Waals surface area contributed by atoms with Gasteiger partial charge in [-0.25, -0.2) is 4.79 Å². The third kappa shape index (κ3) is 4.47. The smallest absolute Gasteiger partial charge is 0.337 e. The highest BCUT2D eigenvalue weighted by atomic mass is 32.2. The summed E-state index contributed by atoms with van der Waals surface area (Å²) in [4.78, 5) is 49.3. The first kappa shape index (κ1) is 19.4. The summed E-state index contributed by atoms with van der Waals surface area (Å²) >= 11 is 0.767. The summed E-state index contributed by atoms with van der Waals surface area (Å²) in [5.41, 5.74) is 1.61. The number of nitrogens with zero attached hydrogens (tertiary/aromatic N) is 1. The van der Waals surface area contributed by atoms with Crippen LogP contribution in [0.4, 0.5) is 10.5 Å². The lowest BCUT2D eigenvalue weighted by atomic mass is 10.1. The molecular weight excluding hydrogens is 380 g/mol. The van der Waals surface area contributed by atoms with Crippen LogP contribution >= 0.6 is 11.8 Å². The van der Waals surface area contributed by atoms with Gasteiger partial charge in [-0.1, -0.05) is 30.3 Å².